The molecule has 0 saturated carbocycles. The lowest BCUT2D eigenvalue weighted by molar-refractivity contribution is 0.548. The Labute approximate surface area is 128 Å². The van der Waals surface area contributed by atoms with E-state index in [-0.39, 0.29) is 0 Å². The van der Waals surface area contributed by atoms with E-state index >= 15 is 0 Å². The lowest BCUT2D eigenvalue weighted by atomic mass is 10.1. The third kappa shape index (κ3) is 25.9. The lowest BCUT2D eigenvalue weighted by Crippen LogP contribution is -1.88. The van der Waals surface area contributed by atoms with Crippen LogP contribution in [-0.2, 0) is 0 Å². The van der Waals surface area contributed by atoms with Crippen LogP contribution < -0.4 is 5.32 Å². The molecule has 1 N–H and O–H groups in total. The number of unbranched alkanes of at least 4 members (excludes halogenated alkanes) is 11. The van der Waals surface area contributed by atoms with Crippen molar-refractivity contribution in [3.05, 3.63) is 0 Å². The molecule has 0 heterocycles. The molecule has 0 rings (SSSR count). The molecule has 3 nitrogen and oxygen atoms in total. The second-order valence-corrected chi connectivity index (χ2v) is 5.60. The molecular weight excluding hydrogens is 265 g/mol. The highest BCUT2D eigenvalue weighted by Crippen LogP contribution is 2.11. The van der Waals surface area contributed by atoms with Crippen molar-refractivity contribution in [3.63, 3.8) is 0 Å². The fourth-order valence-electron chi connectivity index (χ4n) is 2.01. The van der Waals surface area contributed by atoms with Crippen molar-refractivity contribution in [3.8, 4) is 12.4 Å². The molecule has 0 aromatic heterocycles. The topological polar surface area (TPSA) is 59.6 Å². The molecule has 4 heteroatoms. The highest BCUT2D eigenvalue weighted by molar-refractivity contribution is 7.16. The van der Waals surface area contributed by atoms with E-state index in [9.17, 15) is 0 Å². The molecule has 0 aromatic rings. The Morgan fingerprint density at radius 1 is 0.700 bits per heavy atom. The molecule has 116 valence electrons. The first-order chi connectivity index (χ1) is 9.83. The van der Waals surface area contributed by atoms with Crippen LogP contribution in [0.5, 0.6) is 0 Å². The minimum absolute atomic E-state index is 1.29. The van der Waals surface area contributed by atoms with Crippen molar-refractivity contribution in [2.75, 3.05) is 6.16 Å². The van der Waals surface area contributed by atoms with Gasteiger partial charge in [0.2, 0.25) is 0 Å². The van der Waals surface area contributed by atoms with Gasteiger partial charge in [-0.05, 0) is 12.6 Å². The highest BCUT2D eigenvalue weighted by atomic mass is 31.0. The summed E-state index contributed by atoms with van der Waals surface area (Å²) in [5.41, 5.74) is 0. The summed E-state index contributed by atoms with van der Waals surface area (Å²) < 4.78 is 0. The summed E-state index contributed by atoms with van der Waals surface area (Å²) in [5, 5.41) is 16.7. The van der Waals surface area contributed by atoms with E-state index in [4.69, 9.17) is 10.5 Å². The molecule has 0 saturated heterocycles. The van der Waals surface area contributed by atoms with E-state index in [1.54, 1.807) is 5.32 Å². The summed E-state index contributed by atoms with van der Waals surface area (Å²) in [6.45, 7) is 2.29. The molecular formula is C16H32N3P. The van der Waals surface area contributed by atoms with E-state index in [0.29, 0.717) is 0 Å². The Hall–Kier alpha value is -0.790. The van der Waals surface area contributed by atoms with E-state index in [2.05, 4.69) is 16.2 Å². The summed E-state index contributed by atoms with van der Waals surface area (Å²) in [6, 6.07) is 0. The first-order valence-corrected chi connectivity index (χ1v) is 8.88. The number of hydrogen-bond donors (Lipinski definition) is 1. The maximum Gasteiger partial charge on any atom is 0.190 e. The number of nitrogens with one attached hydrogen (secondary N) is 1. The zero-order valence-corrected chi connectivity index (χ0v) is 14.3. The van der Waals surface area contributed by atoms with Crippen molar-refractivity contribution in [1.29, 1.82) is 10.5 Å². The van der Waals surface area contributed by atoms with E-state index in [1.165, 1.54) is 95.6 Å². The Kier molecular flexibility index (Phi) is 25.1. The number of nitriles is 2. The minimum Gasteiger partial charge on any atom is -0.229 e. The van der Waals surface area contributed by atoms with E-state index in [1.807, 2.05) is 0 Å². The molecule has 0 bridgehead atoms. The quantitative estimate of drug-likeness (QED) is 0.236. The van der Waals surface area contributed by atoms with Gasteiger partial charge in [-0.2, -0.15) is 10.5 Å². The Morgan fingerprint density at radius 3 is 1.30 bits per heavy atom. The zero-order chi connectivity index (χ0) is 15.3. The van der Waals surface area contributed by atoms with Gasteiger partial charge in [0, 0.05) is 0 Å². The van der Waals surface area contributed by atoms with Crippen LogP contribution in [0, 0.1) is 22.9 Å². The van der Waals surface area contributed by atoms with Crippen LogP contribution in [0.3, 0.4) is 0 Å². The SMILES string of the molecule is CCCCCCCCCCCCCCP.N#CNC#N. The molecule has 0 aromatic carbocycles. The van der Waals surface area contributed by atoms with Gasteiger partial charge in [0.05, 0.1) is 0 Å². The van der Waals surface area contributed by atoms with Gasteiger partial charge in [-0.1, -0.05) is 77.6 Å². The molecule has 0 aliphatic rings. The monoisotopic (exact) mass is 297 g/mol. The smallest absolute Gasteiger partial charge is 0.190 e. The normalized spacial score (nSPS) is 9.00. The Morgan fingerprint density at radius 2 is 1.05 bits per heavy atom. The first kappa shape index (κ1) is 21.5. The first-order valence-electron chi connectivity index (χ1n) is 8.06. The average Bonchev–Trinajstić information content (AvgIpc) is 2.46. The van der Waals surface area contributed by atoms with Crippen molar-refractivity contribution < 1.29 is 0 Å². The molecule has 0 aliphatic heterocycles. The van der Waals surface area contributed by atoms with Crippen molar-refractivity contribution >= 4 is 9.24 Å². The molecule has 0 fully saturated rings. The minimum atomic E-state index is 1.29. The van der Waals surface area contributed by atoms with Crippen molar-refractivity contribution in [2.24, 2.45) is 0 Å². The molecule has 20 heavy (non-hydrogen) atoms. The Bertz CT molecular complexity index is 219. The van der Waals surface area contributed by atoms with Gasteiger partial charge in [0.25, 0.3) is 0 Å². The number of hydrogen-bond acceptors (Lipinski definition) is 3. The van der Waals surface area contributed by atoms with Gasteiger partial charge in [-0.25, -0.2) is 5.32 Å². The van der Waals surface area contributed by atoms with Crippen molar-refractivity contribution in [1.82, 2.24) is 5.32 Å². The Balaban J connectivity index is 0. The summed E-state index contributed by atoms with van der Waals surface area (Å²) in [4.78, 5) is 0. The van der Waals surface area contributed by atoms with Crippen molar-refractivity contribution in [2.45, 2.75) is 84.0 Å². The zero-order valence-electron chi connectivity index (χ0n) is 13.2. The second-order valence-electron chi connectivity index (χ2n) is 5.03. The maximum absolute atomic E-state index is 7.48. The predicted molar refractivity (Wildman–Crippen MR) is 90.0 cm³/mol. The average molecular weight is 297 g/mol. The van der Waals surface area contributed by atoms with Crippen LogP contribution in [0.25, 0.3) is 0 Å². The molecule has 1 unspecified atom stereocenters. The molecule has 0 radical (unpaired) electrons. The summed E-state index contributed by atoms with van der Waals surface area (Å²) in [6.07, 6.45) is 21.5. The van der Waals surface area contributed by atoms with Gasteiger partial charge >= 0.3 is 0 Å². The second kappa shape index (κ2) is 23.3. The van der Waals surface area contributed by atoms with Crippen LogP contribution in [0.1, 0.15) is 84.0 Å². The fourth-order valence-corrected chi connectivity index (χ4v) is 2.30. The van der Waals surface area contributed by atoms with Crippen LogP contribution in [0.2, 0.25) is 0 Å². The summed E-state index contributed by atoms with van der Waals surface area (Å²) in [7, 11) is 2.81. The molecule has 0 spiro atoms. The van der Waals surface area contributed by atoms with Gasteiger partial charge in [-0.3, -0.25) is 0 Å². The lowest BCUT2D eigenvalue weighted by Gasteiger charge is -2.01. The summed E-state index contributed by atoms with van der Waals surface area (Å²) >= 11 is 0. The molecule has 0 amide bonds. The standard InChI is InChI=1S/C14H31P.C2HN3/c1-2-3-4-5-6-7-8-9-10-11-12-13-14-15;3-1-5-2-4/h2-15H2,1H3;5H. The largest absolute Gasteiger partial charge is 0.229 e. The predicted octanol–water partition coefficient (Wildman–Crippen LogP) is 5.10. The third-order valence-electron chi connectivity index (χ3n) is 3.17. The summed E-state index contributed by atoms with van der Waals surface area (Å²) in [5.74, 6) is 0. The fraction of sp³-hybridized carbons (Fsp3) is 0.875. The van der Waals surface area contributed by atoms with E-state index in [0.717, 1.165) is 0 Å². The maximum atomic E-state index is 7.48. The van der Waals surface area contributed by atoms with Crippen LogP contribution in [0.15, 0.2) is 0 Å². The van der Waals surface area contributed by atoms with Gasteiger partial charge < -0.3 is 0 Å². The molecule has 1 atom stereocenters. The molecule has 0 aliphatic carbocycles. The van der Waals surface area contributed by atoms with Gasteiger partial charge in [0.15, 0.2) is 12.4 Å². The third-order valence-corrected chi connectivity index (χ3v) is 3.58. The van der Waals surface area contributed by atoms with E-state index < -0.39 is 0 Å². The van der Waals surface area contributed by atoms with Crippen LogP contribution in [0.4, 0.5) is 0 Å². The van der Waals surface area contributed by atoms with Gasteiger partial charge in [-0.15, -0.1) is 9.24 Å². The number of nitrogens with zero attached hydrogens (tertiary/aromatic N) is 2. The highest BCUT2D eigenvalue weighted by Gasteiger charge is 1.92. The van der Waals surface area contributed by atoms with Gasteiger partial charge in [0.1, 0.15) is 0 Å². The number of rotatable bonds is 12. The van der Waals surface area contributed by atoms with Crippen LogP contribution >= 0.6 is 9.24 Å². The van der Waals surface area contributed by atoms with Crippen LogP contribution in [-0.4, -0.2) is 6.16 Å².